The molecule has 0 aliphatic heterocycles. The van der Waals surface area contributed by atoms with Gasteiger partial charge in [0.25, 0.3) is 0 Å². The first-order valence-electron chi connectivity index (χ1n) is 3.65. The largest absolute Gasteiger partial charge is 0.476 e. The highest BCUT2D eigenvalue weighted by Crippen LogP contribution is 2.22. The number of rotatable bonds is 2. The van der Waals surface area contributed by atoms with Gasteiger partial charge < -0.3 is 4.74 Å². The number of hydrogen-bond donors (Lipinski definition) is 0. The Morgan fingerprint density at radius 2 is 2.31 bits per heavy atom. The molecule has 0 saturated heterocycles. The van der Waals surface area contributed by atoms with Gasteiger partial charge >= 0.3 is 0 Å². The number of halogens is 2. The fourth-order valence-electron chi connectivity index (χ4n) is 0.781. The molecule has 0 radical (unpaired) electrons. The van der Waals surface area contributed by atoms with Gasteiger partial charge in [0.15, 0.2) is 6.10 Å². The van der Waals surface area contributed by atoms with Gasteiger partial charge in [0, 0.05) is 0 Å². The van der Waals surface area contributed by atoms with Crippen LogP contribution in [0, 0.1) is 17.1 Å². The summed E-state index contributed by atoms with van der Waals surface area (Å²) in [4.78, 5) is 0. The Morgan fingerprint density at radius 1 is 1.62 bits per heavy atom. The summed E-state index contributed by atoms with van der Waals surface area (Å²) in [6.45, 7) is 1.62. The monoisotopic (exact) mass is 243 g/mol. The molecule has 0 N–H and O–H groups in total. The van der Waals surface area contributed by atoms with Crippen LogP contribution in [0.2, 0.25) is 0 Å². The molecule has 0 fully saturated rings. The molecule has 1 aromatic rings. The van der Waals surface area contributed by atoms with Crippen molar-refractivity contribution in [3.05, 3.63) is 28.5 Å². The molecule has 0 aliphatic rings. The molecule has 0 heterocycles. The number of nitrogens with zero attached hydrogens (tertiary/aromatic N) is 1. The van der Waals surface area contributed by atoms with Crippen molar-refractivity contribution in [2.24, 2.45) is 0 Å². The standard InChI is InChI=1S/C9H7BrFNO/c1-6(5-12)13-7-2-3-9(11)8(10)4-7/h2-4,6H,1H3. The van der Waals surface area contributed by atoms with Gasteiger partial charge in [0.1, 0.15) is 17.6 Å². The number of hydrogen-bond acceptors (Lipinski definition) is 2. The molecule has 0 aromatic heterocycles. The van der Waals surface area contributed by atoms with E-state index >= 15 is 0 Å². The Kier molecular flexibility index (Phi) is 3.26. The van der Waals surface area contributed by atoms with Gasteiger partial charge in [0.2, 0.25) is 0 Å². The van der Waals surface area contributed by atoms with Gasteiger partial charge in [-0.25, -0.2) is 4.39 Å². The Bertz CT molecular complexity index is 348. The fourth-order valence-corrected chi connectivity index (χ4v) is 1.14. The summed E-state index contributed by atoms with van der Waals surface area (Å²) in [5.41, 5.74) is 0. The first-order chi connectivity index (χ1) is 6.13. The van der Waals surface area contributed by atoms with Crippen LogP contribution in [-0.2, 0) is 0 Å². The summed E-state index contributed by atoms with van der Waals surface area (Å²) in [5, 5.41) is 8.46. The van der Waals surface area contributed by atoms with Crippen LogP contribution < -0.4 is 4.74 Å². The molecular formula is C9H7BrFNO. The van der Waals surface area contributed by atoms with Crippen LogP contribution in [-0.4, -0.2) is 6.10 Å². The topological polar surface area (TPSA) is 33.0 Å². The van der Waals surface area contributed by atoms with Crippen LogP contribution in [0.3, 0.4) is 0 Å². The van der Waals surface area contributed by atoms with E-state index in [2.05, 4.69) is 15.9 Å². The molecule has 1 atom stereocenters. The van der Waals surface area contributed by atoms with E-state index in [0.717, 1.165) is 0 Å². The Balaban J connectivity index is 2.81. The van der Waals surface area contributed by atoms with E-state index in [1.807, 2.05) is 6.07 Å². The highest BCUT2D eigenvalue weighted by molar-refractivity contribution is 9.10. The minimum Gasteiger partial charge on any atom is -0.476 e. The second-order valence-electron chi connectivity index (χ2n) is 2.47. The zero-order valence-electron chi connectivity index (χ0n) is 6.92. The van der Waals surface area contributed by atoms with Crippen molar-refractivity contribution < 1.29 is 9.13 Å². The van der Waals surface area contributed by atoms with E-state index in [1.165, 1.54) is 18.2 Å². The SMILES string of the molecule is CC(C#N)Oc1ccc(F)c(Br)c1. The lowest BCUT2D eigenvalue weighted by Gasteiger charge is -2.07. The highest BCUT2D eigenvalue weighted by Gasteiger charge is 2.04. The lowest BCUT2D eigenvalue weighted by molar-refractivity contribution is 0.276. The van der Waals surface area contributed by atoms with E-state index in [4.69, 9.17) is 10.00 Å². The van der Waals surface area contributed by atoms with Crippen LogP contribution in [0.1, 0.15) is 6.92 Å². The predicted octanol–water partition coefficient (Wildman–Crippen LogP) is 2.88. The molecule has 1 rings (SSSR count). The molecule has 68 valence electrons. The minimum atomic E-state index is -0.530. The minimum absolute atomic E-state index is 0.329. The van der Waals surface area contributed by atoms with E-state index in [-0.39, 0.29) is 5.82 Å². The van der Waals surface area contributed by atoms with E-state index in [9.17, 15) is 4.39 Å². The molecule has 0 saturated carbocycles. The molecule has 1 aromatic carbocycles. The average Bonchev–Trinajstić information content (AvgIpc) is 2.11. The van der Waals surface area contributed by atoms with Crippen molar-refractivity contribution in [3.63, 3.8) is 0 Å². The maximum absolute atomic E-state index is 12.8. The van der Waals surface area contributed by atoms with Crippen LogP contribution in [0.15, 0.2) is 22.7 Å². The van der Waals surface area contributed by atoms with Gasteiger partial charge in [-0.1, -0.05) is 0 Å². The molecule has 2 nitrogen and oxygen atoms in total. The zero-order valence-corrected chi connectivity index (χ0v) is 8.51. The lowest BCUT2D eigenvalue weighted by atomic mass is 10.3. The van der Waals surface area contributed by atoms with Gasteiger partial charge in [-0.2, -0.15) is 5.26 Å². The van der Waals surface area contributed by atoms with E-state index < -0.39 is 6.10 Å². The van der Waals surface area contributed by atoms with Gasteiger partial charge in [-0.05, 0) is 41.1 Å². The third-order valence-corrected chi connectivity index (χ3v) is 1.99. The summed E-state index contributed by atoms with van der Waals surface area (Å²) in [6, 6.07) is 6.17. The normalized spacial score (nSPS) is 11.8. The predicted molar refractivity (Wildman–Crippen MR) is 49.8 cm³/mol. The lowest BCUT2D eigenvalue weighted by Crippen LogP contribution is -2.07. The van der Waals surface area contributed by atoms with Crippen molar-refractivity contribution in [2.75, 3.05) is 0 Å². The summed E-state index contributed by atoms with van der Waals surface area (Å²) in [7, 11) is 0. The second kappa shape index (κ2) is 4.24. The molecular weight excluding hydrogens is 237 g/mol. The number of ether oxygens (including phenoxy) is 1. The molecule has 0 aliphatic carbocycles. The molecule has 0 amide bonds. The van der Waals surface area contributed by atoms with Crippen LogP contribution >= 0.6 is 15.9 Å². The maximum Gasteiger partial charge on any atom is 0.181 e. The molecule has 13 heavy (non-hydrogen) atoms. The smallest absolute Gasteiger partial charge is 0.181 e. The van der Waals surface area contributed by atoms with Crippen LogP contribution in [0.5, 0.6) is 5.75 Å². The molecule has 0 bridgehead atoms. The van der Waals surface area contributed by atoms with E-state index in [1.54, 1.807) is 6.92 Å². The quantitative estimate of drug-likeness (QED) is 0.801. The average molecular weight is 244 g/mol. The molecule has 4 heteroatoms. The Labute approximate surface area is 84.1 Å². The summed E-state index contributed by atoms with van der Waals surface area (Å²) in [6.07, 6.45) is -0.530. The Morgan fingerprint density at radius 3 is 2.85 bits per heavy atom. The first kappa shape index (κ1) is 10.0. The van der Waals surface area contributed by atoms with Crippen molar-refractivity contribution in [1.29, 1.82) is 5.26 Å². The van der Waals surface area contributed by atoms with Crippen LogP contribution in [0.25, 0.3) is 0 Å². The number of benzene rings is 1. The second-order valence-corrected chi connectivity index (χ2v) is 3.32. The summed E-state index contributed by atoms with van der Waals surface area (Å²) < 4.78 is 18.2. The first-order valence-corrected chi connectivity index (χ1v) is 4.44. The van der Waals surface area contributed by atoms with Crippen LogP contribution in [0.4, 0.5) is 4.39 Å². The van der Waals surface area contributed by atoms with Gasteiger partial charge in [0.05, 0.1) is 4.47 Å². The maximum atomic E-state index is 12.8. The third-order valence-electron chi connectivity index (χ3n) is 1.39. The molecule has 0 spiro atoms. The van der Waals surface area contributed by atoms with Crippen molar-refractivity contribution in [3.8, 4) is 11.8 Å². The van der Waals surface area contributed by atoms with Crippen molar-refractivity contribution >= 4 is 15.9 Å². The number of nitriles is 1. The van der Waals surface area contributed by atoms with Crippen molar-refractivity contribution in [2.45, 2.75) is 13.0 Å². The molecule has 1 unspecified atom stereocenters. The third kappa shape index (κ3) is 2.71. The highest BCUT2D eigenvalue weighted by atomic mass is 79.9. The summed E-state index contributed by atoms with van der Waals surface area (Å²) >= 11 is 3.02. The Hall–Kier alpha value is -1.08. The van der Waals surface area contributed by atoms with Crippen molar-refractivity contribution in [1.82, 2.24) is 0 Å². The van der Waals surface area contributed by atoms with Gasteiger partial charge in [-0.3, -0.25) is 0 Å². The van der Waals surface area contributed by atoms with Gasteiger partial charge in [-0.15, -0.1) is 0 Å². The van der Waals surface area contributed by atoms with E-state index in [0.29, 0.717) is 10.2 Å². The zero-order chi connectivity index (χ0) is 9.84. The summed E-state index contributed by atoms with van der Waals surface area (Å²) in [5.74, 6) is 0.124. The fraction of sp³-hybridized carbons (Fsp3) is 0.222.